The van der Waals surface area contributed by atoms with E-state index in [1.54, 1.807) is 7.11 Å². The summed E-state index contributed by atoms with van der Waals surface area (Å²) in [5.41, 5.74) is 15.5. The van der Waals surface area contributed by atoms with Crippen molar-refractivity contribution in [1.82, 2.24) is 5.73 Å². The molecule has 2 aromatic carbocycles. The molecule has 2 aromatic rings. The van der Waals surface area contributed by atoms with Gasteiger partial charge in [0, 0.05) is 21.5 Å². The van der Waals surface area contributed by atoms with Gasteiger partial charge in [-0.25, -0.2) is 0 Å². The maximum atomic E-state index is 12.8. The van der Waals surface area contributed by atoms with E-state index in [1.165, 1.54) is 22.3 Å². The van der Waals surface area contributed by atoms with Crippen LogP contribution in [0.15, 0.2) is 23.8 Å². The number of ether oxygens (including phenoxy) is 1. The third-order valence-electron chi connectivity index (χ3n) is 6.77. The van der Waals surface area contributed by atoms with Crippen molar-refractivity contribution >= 4 is 39.0 Å². The highest BCUT2D eigenvalue weighted by Crippen LogP contribution is 2.42. The van der Waals surface area contributed by atoms with Gasteiger partial charge < -0.3 is 8.85 Å². The van der Waals surface area contributed by atoms with Crippen LogP contribution < -0.4 is 20.8 Å². The molecule has 169 valence electrons. The number of amides is 1. The van der Waals surface area contributed by atoms with Gasteiger partial charge in [0.05, 0.1) is 7.11 Å². The number of carbonyl (C=O) groups excluding carboxylic acids is 1. The smallest absolute Gasteiger partial charge is 0.270 e. The highest BCUT2D eigenvalue weighted by molar-refractivity contribution is 7.01. The third-order valence-corrected chi connectivity index (χ3v) is 14.2. The molecule has 1 heterocycles. The van der Waals surface area contributed by atoms with Gasteiger partial charge in [-0.15, -0.1) is 0 Å². The average molecular weight is 465 g/mol. The fraction of sp³-hybridized carbons (Fsp3) is 0.423. The second-order valence-electron chi connectivity index (χ2n) is 11.2. The first-order chi connectivity index (χ1) is 14.7. The van der Waals surface area contributed by atoms with Gasteiger partial charge in [0.25, 0.3) is 5.91 Å². The number of methoxy groups -OCH3 is 1. The molecule has 0 spiro atoms. The summed E-state index contributed by atoms with van der Waals surface area (Å²) in [6.45, 7) is 17.5. The molecule has 32 heavy (non-hydrogen) atoms. The van der Waals surface area contributed by atoms with Crippen molar-refractivity contribution in [2.45, 2.75) is 65.7 Å². The average Bonchev–Trinajstić information content (AvgIpc) is 3.03. The summed E-state index contributed by atoms with van der Waals surface area (Å²) in [7, 11) is -2.95. The minimum Gasteiger partial charge on any atom is -0.497 e. The number of hydrogen-bond donors (Lipinski definition) is 0. The van der Waals surface area contributed by atoms with E-state index in [1.807, 2.05) is 6.07 Å². The first kappa shape index (κ1) is 23.0. The van der Waals surface area contributed by atoms with E-state index in [4.69, 9.17) is 14.6 Å². The van der Waals surface area contributed by atoms with Gasteiger partial charge in [0.15, 0.2) is 0 Å². The molecule has 1 aliphatic heterocycles. The molecule has 1 N–H and O–H groups in total. The Hall–Kier alpha value is -2.16. The number of fused-ring (bicyclic) bond motifs is 3. The predicted molar refractivity (Wildman–Crippen MR) is 137 cm³/mol. The summed E-state index contributed by atoms with van der Waals surface area (Å²) in [6, 6.07) is 6.42. The van der Waals surface area contributed by atoms with Crippen LogP contribution in [0, 0.1) is 0 Å². The molecule has 1 aliphatic carbocycles. The monoisotopic (exact) mass is 464 g/mol. The van der Waals surface area contributed by atoms with Gasteiger partial charge in [-0.1, -0.05) is 44.6 Å². The molecule has 0 saturated carbocycles. The number of carbonyl (C=O) groups is 1. The van der Waals surface area contributed by atoms with E-state index in [0.717, 1.165) is 33.7 Å². The SMILES string of the molecule is COc1c2cc(C([NH])=O)c(-c3cc(C(C)(C)C)cc4c3CC(C)=C4)c1[Si](C)(C)O[Si]2(C)C. The van der Waals surface area contributed by atoms with E-state index in [2.05, 4.69) is 72.1 Å². The number of benzene rings is 2. The summed E-state index contributed by atoms with van der Waals surface area (Å²) in [5, 5.41) is 2.01. The van der Waals surface area contributed by atoms with Crippen LogP contribution in [0.25, 0.3) is 17.2 Å². The van der Waals surface area contributed by atoms with E-state index < -0.39 is 22.5 Å². The Morgan fingerprint density at radius 1 is 1.09 bits per heavy atom. The molecule has 1 amide bonds. The fourth-order valence-corrected chi connectivity index (χ4v) is 14.4. The van der Waals surface area contributed by atoms with E-state index in [9.17, 15) is 4.79 Å². The predicted octanol–water partition coefficient (Wildman–Crippen LogP) is 4.90. The van der Waals surface area contributed by atoms with Crippen molar-refractivity contribution < 1.29 is 13.6 Å². The van der Waals surface area contributed by atoms with Crippen molar-refractivity contribution in [3.63, 3.8) is 0 Å². The normalized spacial score (nSPS) is 18.2. The molecule has 6 heteroatoms. The maximum absolute atomic E-state index is 12.8. The highest BCUT2D eigenvalue weighted by atomic mass is 28.4. The van der Waals surface area contributed by atoms with Crippen LogP contribution in [0.2, 0.25) is 26.2 Å². The molecule has 0 fully saturated rings. The van der Waals surface area contributed by atoms with Crippen molar-refractivity contribution in [1.29, 1.82) is 0 Å². The molecule has 0 saturated heterocycles. The highest BCUT2D eigenvalue weighted by Gasteiger charge is 2.48. The molecular formula is C26H34NO3Si2. The molecule has 0 aromatic heterocycles. The Kier molecular flexibility index (Phi) is 5.16. The number of allylic oxidation sites excluding steroid dienone is 1. The van der Waals surface area contributed by atoms with Gasteiger partial charge in [-0.3, -0.25) is 10.5 Å². The Morgan fingerprint density at radius 2 is 1.75 bits per heavy atom. The van der Waals surface area contributed by atoms with Crippen molar-refractivity contribution in [3.8, 4) is 16.9 Å². The lowest BCUT2D eigenvalue weighted by Gasteiger charge is -2.43. The minimum atomic E-state index is -2.41. The Bertz CT molecular complexity index is 1190. The van der Waals surface area contributed by atoms with Crippen molar-refractivity contribution in [2.75, 3.05) is 7.11 Å². The Morgan fingerprint density at radius 3 is 2.31 bits per heavy atom. The van der Waals surface area contributed by atoms with Crippen molar-refractivity contribution in [3.05, 3.63) is 46.0 Å². The van der Waals surface area contributed by atoms with Gasteiger partial charge in [-0.2, -0.15) is 0 Å². The molecule has 2 aliphatic rings. The lowest BCUT2D eigenvalue weighted by molar-refractivity contribution is 0.0993. The zero-order valence-corrected chi connectivity index (χ0v) is 22.7. The molecule has 0 atom stereocenters. The summed E-state index contributed by atoms with van der Waals surface area (Å²) in [5.74, 6) is 0.237. The lowest BCUT2D eigenvalue weighted by atomic mass is 9.81. The molecule has 0 unspecified atom stereocenters. The number of rotatable bonds is 3. The quantitative estimate of drug-likeness (QED) is 0.607. The van der Waals surface area contributed by atoms with Crippen LogP contribution in [0.4, 0.5) is 0 Å². The first-order valence-electron chi connectivity index (χ1n) is 11.2. The molecule has 2 bridgehead atoms. The third kappa shape index (κ3) is 3.49. The standard InChI is InChI=1S/C26H34NO3Si2/c1-15-10-16-12-17(26(2,3)4)13-19(18(16)11-15)22-20(25(27)28)14-21-23(29-5)24(22)32(8,9)30-31(21,6)7/h10,12-14,27H,11H2,1-9H3. The fourth-order valence-electron chi connectivity index (χ4n) is 5.37. The Balaban J connectivity index is 2.19. The maximum Gasteiger partial charge on any atom is 0.270 e. The summed E-state index contributed by atoms with van der Waals surface area (Å²) < 4.78 is 12.9. The van der Waals surface area contributed by atoms with Crippen LogP contribution in [-0.4, -0.2) is 29.7 Å². The van der Waals surface area contributed by atoms with Crippen LogP contribution in [0.5, 0.6) is 5.75 Å². The summed E-state index contributed by atoms with van der Waals surface area (Å²) >= 11 is 0. The van der Waals surface area contributed by atoms with Gasteiger partial charge >= 0.3 is 0 Å². The molecule has 1 radical (unpaired) electrons. The summed E-state index contributed by atoms with van der Waals surface area (Å²) in [4.78, 5) is 12.8. The molecule has 4 nitrogen and oxygen atoms in total. The van der Waals surface area contributed by atoms with Gasteiger partial charge in [0.1, 0.15) is 5.75 Å². The van der Waals surface area contributed by atoms with Gasteiger partial charge in [0.2, 0.25) is 16.6 Å². The second-order valence-corrected chi connectivity index (χ2v) is 19.1. The van der Waals surface area contributed by atoms with Crippen molar-refractivity contribution in [2.24, 2.45) is 0 Å². The van der Waals surface area contributed by atoms with Gasteiger partial charge in [-0.05, 0) is 73.3 Å². The topological polar surface area (TPSA) is 59.3 Å². The van der Waals surface area contributed by atoms with E-state index in [0.29, 0.717) is 5.56 Å². The van der Waals surface area contributed by atoms with Crippen LogP contribution in [0.1, 0.15) is 54.7 Å². The number of hydrogen-bond acceptors (Lipinski definition) is 3. The molecule has 4 rings (SSSR count). The zero-order valence-electron chi connectivity index (χ0n) is 20.7. The zero-order chi connectivity index (χ0) is 23.8. The van der Waals surface area contributed by atoms with E-state index >= 15 is 0 Å². The first-order valence-corrected chi connectivity index (χ1v) is 17.1. The largest absolute Gasteiger partial charge is 0.497 e. The van der Waals surface area contributed by atoms with E-state index in [-0.39, 0.29) is 5.41 Å². The van der Waals surface area contributed by atoms with Crippen LogP contribution >= 0.6 is 0 Å². The summed E-state index contributed by atoms with van der Waals surface area (Å²) in [6.07, 6.45) is 3.11. The molecular weight excluding hydrogens is 430 g/mol. The number of nitrogens with one attached hydrogen (secondary N) is 1. The Labute approximate surface area is 194 Å². The lowest BCUT2D eigenvalue weighted by Crippen LogP contribution is -2.64. The minimum absolute atomic E-state index is 0.0428. The second kappa shape index (κ2) is 7.17. The van der Waals surface area contributed by atoms with Crippen LogP contribution in [0.3, 0.4) is 0 Å². The van der Waals surface area contributed by atoms with Crippen LogP contribution in [-0.2, 0) is 16.0 Å².